The monoisotopic (exact) mass is 227 g/mol. The van der Waals surface area contributed by atoms with Gasteiger partial charge in [0, 0.05) is 12.1 Å². The Morgan fingerprint density at radius 3 is 2.69 bits per heavy atom. The van der Waals surface area contributed by atoms with Crippen molar-refractivity contribution >= 4 is 11.5 Å². The molecule has 5 nitrogen and oxygen atoms in total. The lowest BCUT2D eigenvalue weighted by molar-refractivity contribution is -0.385. The lowest BCUT2D eigenvalue weighted by atomic mass is 10.0. The van der Waals surface area contributed by atoms with Crippen LogP contribution in [-0.4, -0.2) is 22.0 Å². The van der Waals surface area contributed by atoms with Gasteiger partial charge in [-0.3, -0.25) is 14.9 Å². The summed E-state index contributed by atoms with van der Waals surface area (Å²) < 4.78 is 13.2. The van der Waals surface area contributed by atoms with Crippen molar-refractivity contribution in [2.75, 3.05) is 0 Å². The average Bonchev–Trinajstić information content (AvgIpc) is 2.27. The third-order valence-electron chi connectivity index (χ3n) is 2.09. The summed E-state index contributed by atoms with van der Waals surface area (Å²) in [5.41, 5.74) is -0.246. The zero-order valence-corrected chi connectivity index (χ0v) is 8.46. The van der Waals surface area contributed by atoms with Gasteiger partial charge in [0.25, 0.3) is 5.69 Å². The first kappa shape index (κ1) is 12.3. The molecule has 2 atom stereocenters. The van der Waals surface area contributed by atoms with Gasteiger partial charge in [0.2, 0.25) is 0 Å². The lowest BCUT2D eigenvalue weighted by Crippen LogP contribution is -2.21. The molecule has 16 heavy (non-hydrogen) atoms. The zero-order valence-electron chi connectivity index (χ0n) is 8.46. The Balaban J connectivity index is 3.00. The van der Waals surface area contributed by atoms with Gasteiger partial charge in [0.1, 0.15) is 6.10 Å². The number of benzene rings is 1. The molecule has 0 radical (unpaired) electrons. The molecule has 1 N–H and O–H groups in total. The molecular weight excluding hydrogens is 217 g/mol. The van der Waals surface area contributed by atoms with Crippen molar-refractivity contribution in [2.45, 2.75) is 19.2 Å². The van der Waals surface area contributed by atoms with E-state index in [0.717, 1.165) is 13.0 Å². The smallest absolute Gasteiger partial charge is 0.269 e. The largest absolute Gasteiger partial charge is 0.385 e. The van der Waals surface area contributed by atoms with Crippen molar-refractivity contribution in [1.29, 1.82) is 0 Å². The van der Waals surface area contributed by atoms with Gasteiger partial charge in [-0.1, -0.05) is 12.1 Å². The average molecular weight is 227 g/mol. The van der Waals surface area contributed by atoms with Crippen LogP contribution in [0.15, 0.2) is 24.3 Å². The summed E-state index contributed by atoms with van der Waals surface area (Å²) in [5, 5.41) is 19.9. The first-order chi connectivity index (χ1) is 7.43. The van der Waals surface area contributed by atoms with Crippen LogP contribution < -0.4 is 0 Å². The molecule has 0 saturated heterocycles. The maximum absolute atomic E-state index is 13.2. The number of hydrogen-bond acceptors (Lipinski definition) is 4. The number of aliphatic hydroxyl groups is 1. The zero-order chi connectivity index (χ0) is 12.3. The number of hydrogen-bond donors (Lipinski definition) is 1. The number of ketones is 1. The minimum Gasteiger partial charge on any atom is -0.385 e. The predicted molar refractivity (Wildman–Crippen MR) is 53.6 cm³/mol. The standard InChI is InChI=1S/C10H10FNO4/c1-6(13)9(11)10(14)7-3-2-4-8(5-7)12(15)16/h2-5,9-10,14H,1H3/t9-,10-/m0/s1. The maximum atomic E-state index is 13.2. The number of nitrogens with zero attached hydrogens (tertiary/aromatic N) is 1. The lowest BCUT2D eigenvalue weighted by Gasteiger charge is -2.12. The van der Waals surface area contributed by atoms with E-state index in [-0.39, 0.29) is 11.3 Å². The highest BCUT2D eigenvalue weighted by molar-refractivity contribution is 5.81. The molecule has 0 aliphatic heterocycles. The number of aliphatic hydroxyl groups excluding tert-OH is 1. The highest BCUT2D eigenvalue weighted by Gasteiger charge is 2.25. The molecule has 1 rings (SSSR count). The van der Waals surface area contributed by atoms with Crippen LogP contribution >= 0.6 is 0 Å². The molecule has 0 bridgehead atoms. The first-order valence-electron chi connectivity index (χ1n) is 4.50. The van der Waals surface area contributed by atoms with Crippen molar-refractivity contribution < 1.29 is 19.2 Å². The molecular formula is C10H10FNO4. The van der Waals surface area contributed by atoms with Gasteiger partial charge in [-0.15, -0.1) is 0 Å². The number of non-ortho nitro benzene ring substituents is 1. The van der Waals surface area contributed by atoms with Crippen LogP contribution in [0.25, 0.3) is 0 Å². The van der Waals surface area contributed by atoms with Crippen LogP contribution in [0.5, 0.6) is 0 Å². The second kappa shape index (κ2) is 4.80. The number of nitro benzene ring substituents is 1. The summed E-state index contributed by atoms with van der Waals surface area (Å²) in [6, 6.07) is 4.91. The highest BCUT2D eigenvalue weighted by atomic mass is 19.1. The third kappa shape index (κ3) is 2.60. The van der Waals surface area contributed by atoms with Crippen molar-refractivity contribution in [2.24, 2.45) is 0 Å². The van der Waals surface area contributed by atoms with Gasteiger partial charge in [0.05, 0.1) is 4.92 Å². The summed E-state index contributed by atoms with van der Waals surface area (Å²) in [6.45, 7) is 1.01. The van der Waals surface area contributed by atoms with Crippen LogP contribution in [0.1, 0.15) is 18.6 Å². The minimum absolute atomic E-state index is 0.0110. The summed E-state index contributed by atoms with van der Waals surface area (Å²) in [4.78, 5) is 20.5. The fraction of sp³-hybridized carbons (Fsp3) is 0.300. The van der Waals surface area contributed by atoms with E-state index >= 15 is 0 Å². The quantitative estimate of drug-likeness (QED) is 0.625. The Labute approximate surface area is 90.7 Å². The fourth-order valence-electron chi connectivity index (χ4n) is 1.21. The normalized spacial score (nSPS) is 14.2. The van der Waals surface area contributed by atoms with Crippen LogP contribution in [0.2, 0.25) is 0 Å². The van der Waals surface area contributed by atoms with Crippen molar-refractivity contribution in [3.8, 4) is 0 Å². The van der Waals surface area contributed by atoms with Crippen LogP contribution in [0, 0.1) is 10.1 Å². The molecule has 0 aliphatic rings. The molecule has 0 unspecified atom stereocenters. The van der Waals surface area contributed by atoms with E-state index in [0.29, 0.717) is 0 Å². The van der Waals surface area contributed by atoms with Crippen LogP contribution in [0.3, 0.4) is 0 Å². The summed E-state index contributed by atoms with van der Waals surface area (Å²) in [5.74, 6) is -0.820. The van der Waals surface area contributed by atoms with Gasteiger partial charge in [0.15, 0.2) is 12.0 Å². The van der Waals surface area contributed by atoms with E-state index in [1.807, 2.05) is 0 Å². The Morgan fingerprint density at radius 1 is 1.56 bits per heavy atom. The van der Waals surface area contributed by atoms with Crippen LogP contribution in [0.4, 0.5) is 10.1 Å². The second-order valence-corrected chi connectivity index (χ2v) is 3.31. The van der Waals surface area contributed by atoms with E-state index in [4.69, 9.17) is 0 Å². The topological polar surface area (TPSA) is 80.4 Å². The number of rotatable bonds is 4. The van der Waals surface area contributed by atoms with E-state index < -0.39 is 23.0 Å². The van der Waals surface area contributed by atoms with Gasteiger partial charge >= 0.3 is 0 Å². The molecule has 0 spiro atoms. The van der Waals surface area contributed by atoms with E-state index in [9.17, 15) is 24.4 Å². The minimum atomic E-state index is -2.07. The molecule has 0 aromatic heterocycles. The summed E-state index contributed by atoms with van der Waals surface area (Å²) in [6.07, 6.45) is -3.74. The Morgan fingerprint density at radius 2 is 2.19 bits per heavy atom. The van der Waals surface area contributed by atoms with E-state index in [1.54, 1.807) is 0 Å². The van der Waals surface area contributed by atoms with Crippen molar-refractivity contribution in [3.05, 3.63) is 39.9 Å². The van der Waals surface area contributed by atoms with E-state index in [2.05, 4.69) is 0 Å². The van der Waals surface area contributed by atoms with Gasteiger partial charge in [-0.05, 0) is 12.5 Å². The Bertz CT molecular complexity index is 421. The number of carbonyl (C=O) groups excluding carboxylic acids is 1. The summed E-state index contributed by atoms with van der Waals surface area (Å²) >= 11 is 0. The molecule has 6 heteroatoms. The molecule has 0 saturated carbocycles. The third-order valence-corrected chi connectivity index (χ3v) is 2.09. The number of nitro groups is 1. The number of halogens is 1. The Hall–Kier alpha value is -1.82. The van der Waals surface area contributed by atoms with Gasteiger partial charge in [-0.2, -0.15) is 0 Å². The molecule has 0 amide bonds. The summed E-state index contributed by atoms with van der Waals surface area (Å²) in [7, 11) is 0. The highest BCUT2D eigenvalue weighted by Crippen LogP contribution is 2.23. The van der Waals surface area contributed by atoms with Crippen molar-refractivity contribution in [1.82, 2.24) is 0 Å². The Kier molecular flexibility index (Phi) is 3.68. The maximum Gasteiger partial charge on any atom is 0.269 e. The molecule has 1 aromatic rings. The molecule has 0 aliphatic carbocycles. The number of alkyl halides is 1. The first-order valence-corrected chi connectivity index (χ1v) is 4.50. The molecule has 1 aromatic carbocycles. The molecule has 0 heterocycles. The van der Waals surface area contributed by atoms with Crippen LogP contribution in [-0.2, 0) is 4.79 Å². The SMILES string of the molecule is CC(=O)[C@H](F)[C@@H](O)c1cccc([N+](=O)[O-])c1. The van der Waals surface area contributed by atoms with E-state index in [1.165, 1.54) is 18.2 Å². The predicted octanol–water partition coefficient (Wildman–Crippen LogP) is 1.56. The fourth-order valence-corrected chi connectivity index (χ4v) is 1.21. The molecule has 0 fully saturated rings. The van der Waals surface area contributed by atoms with Crippen molar-refractivity contribution in [3.63, 3.8) is 0 Å². The second-order valence-electron chi connectivity index (χ2n) is 3.31. The van der Waals surface area contributed by atoms with Gasteiger partial charge < -0.3 is 5.11 Å². The number of carbonyl (C=O) groups is 1. The number of Topliss-reactive ketones (excluding diaryl/α,β-unsaturated/α-hetero) is 1. The molecule has 86 valence electrons. The van der Waals surface area contributed by atoms with Gasteiger partial charge in [-0.25, -0.2) is 4.39 Å².